The Kier molecular flexibility index (Phi) is 4.18. The van der Waals surface area contributed by atoms with Crippen LogP contribution < -0.4 is 5.32 Å². The van der Waals surface area contributed by atoms with Gasteiger partial charge in [-0.05, 0) is 49.4 Å². The molecule has 0 aliphatic heterocycles. The molecule has 2 rings (SSSR count). The van der Waals surface area contributed by atoms with Gasteiger partial charge in [0.1, 0.15) is 0 Å². The van der Waals surface area contributed by atoms with Gasteiger partial charge in [0.05, 0.1) is 0 Å². The second-order valence-corrected chi connectivity index (χ2v) is 7.54. The molecule has 3 atom stereocenters. The fraction of sp³-hybridized carbons (Fsp3) is 1.00. The van der Waals surface area contributed by atoms with Crippen molar-refractivity contribution in [3.05, 3.63) is 0 Å². The first-order valence-corrected chi connectivity index (χ1v) is 7.74. The zero-order valence-electron chi connectivity index (χ0n) is 12.3. The molecule has 100 valence electrons. The van der Waals surface area contributed by atoms with Crippen molar-refractivity contribution >= 4 is 0 Å². The van der Waals surface area contributed by atoms with E-state index in [4.69, 9.17) is 0 Å². The number of rotatable bonds is 2. The maximum absolute atomic E-state index is 4.01. The first-order chi connectivity index (χ1) is 7.98. The van der Waals surface area contributed by atoms with Crippen LogP contribution in [0.5, 0.6) is 0 Å². The monoisotopic (exact) mass is 237 g/mol. The summed E-state index contributed by atoms with van der Waals surface area (Å²) in [5.74, 6) is 1.76. The molecule has 0 heterocycles. The SMILES string of the molecule is CC1CCCC(C)C1NC1CCCC(C)(C)C1. The van der Waals surface area contributed by atoms with Gasteiger partial charge in [-0.3, -0.25) is 0 Å². The third-order valence-corrected chi connectivity index (χ3v) is 5.18. The minimum Gasteiger partial charge on any atom is -0.311 e. The number of nitrogens with one attached hydrogen (secondary N) is 1. The molecule has 2 saturated carbocycles. The lowest BCUT2D eigenvalue weighted by Crippen LogP contribution is -2.49. The minimum atomic E-state index is 0.567. The van der Waals surface area contributed by atoms with Crippen molar-refractivity contribution in [1.82, 2.24) is 5.32 Å². The van der Waals surface area contributed by atoms with E-state index in [1.165, 1.54) is 44.9 Å². The Labute approximate surface area is 108 Å². The molecule has 17 heavy (non-hydrogen) atoms. The van der Waals surface area contributed by atoms with Gasteiger partial charge in [-0.15, -0.1) is 0 Å². The van der Waals surface area contributed by atoms with E-state index in [0.29, 0.717) is 5.41 Å². The summed E-state index contributed by atoms with van der Waals surface area (Å²) in [6.07, 6.45) is 9.91. The molecule has 0 spiro atoms. The van der Waals surface area contributed by atoms with E-state index < -0.39 is 0 Å². The number of hydrogen-bond acceptors (Lipinski definition) is 1. The lowest BCUT2D eigenvalue weighted by molar-refractivity contribution is 0.140. The van der Waals surface area contributed by atoms with Gasteiger partial charge in [-0.2, -0.15) is 0 Å². The van der Waals surface area contributed by atoms with Crippen LogP contribution in [-0.4, -0.2) is 12.1 Å². The Morgan fingerprint density at radius 2 is 1.59 bits per heavy atom. The Balaban J connectivity index is 1.90. The topological polar surface area (TPSA) is 12.0 Å². The zero-order chi connectivity index (χ0) is 12.5. The molecule has 0 amide bonds. The van der Waals surface area contributed by atoms with E-state index in [1.54, 1.807) is 0 Å². The molecule has 0 radical (unpaired) electrons. The summed E-state index contributed by atoms with van der Waals surface area (Å²) in [4.78, 5) is 0. The minimum absolute atomic E-state index is 0.567. The summed E-state index contributed by atoms with van der Waals surface area (Å²) in [6, 6.07) is 1.56. The molecule has 0 bridgehead atoms. The van der Waals surface area contributed by atoms with Crippen LogP contribution in [0.3, 0.4) is 0 Å². The van der Waals surface area contributed by atoms with Gasteiger partial charge < -0.3 is 5.32 Å². The molecule has 2 fully saturated rings. The molecule has 1 nitrogen and oxygen atoms in total. The van der Waals surface area contributed by atoms with Gasteiger partial charge >= 0.3 is 0 Å². The van der Waals surface area contributed by atoms with Crippen molar-refractivity contribution < 1.29 is 0 Å². The normalized spacial score (nSPS) is 42.4. The van der Waals surface area contributed by atoms with Crippen LogP contribution >= 0.6 is 0 Å². The quantitative estimate of drug-likeness (QED) is 0.752. The zero-order valence-corrected chi connectivity index (χ0v) is 12.3. The van der Waals surface area contributed by atoms with Crippen molar-refractivity contribution in [2.24, 2.45) is 17.3 Å². The van der Waals surface area contributed by atoms with E-state index >= 15 is 0 Å². The molecule has 1 heteroatoms. The van der Waals surface area contributed by atoms with Crippen molar-refractivity contribution in [3.63, 3.8) is 0 Å². The van der Waals surface area contributed by atoms with E-state index in [1.807, 2.05) is 0 Å². The molecule has 0 saturated heterocycles. The first kappa shape index (κ1) is 13.4. The smallest absolute Gasteiger partial charge is 0.0121 e. The third-order valence-electron chi connectivity index (χ3n) is 5.18. The van der Waals surface area contributed by atoms with Crippen LogP contribution in [-0.2, 0) is 0 Å². The van der Waals surface area contributed by atoms with E-state index in [-0.39, 0.29) is 0 Å². The highest BCUT2D eigenvalue weighted by Gasteiger charge is 2.33. The van der Waals surface area contributed by atoms with Crippen LogP contribution in [0.2, 0.25) is 0 Å². The summed E-state index contributed by atoms with van der Waals surface area (Å²) in [6.45, 7) is 9.77. The highest BCUT2D eigenvalue weighted by atomic mass is 15.0. The number of hydrogen-bond donors (Lipinski definition) is 1. The van der Waals surface area contributed by atoms with Crippen LogP contribution in [0.25, 0.3) is 0 Å². The van der Waals surface area contributed by atoms with Crippen LogP contribution in [0.15, 0.2) is 0 Å². The average Bonchev–Trinajstić information content (AvgIpc) is 2.22. The van der Waals surface area contributed by atoms with Crippen LogP contribution in [0.4, 0.5) is 0 Å². The highest BCUT2D eigenvalue weighted by Crippen LogP contribution is 2.37. The van der Waals surface area contributed by atoms with Crippen molar-refractivity contribution in [2.75, 3.05) is 0 Å². The molecular weight excluding hydrogens is 206 g/mol. The lowest BCUT2D eigenvalue weighted by atomic mass is 9.73. The maximum Gasteiger partial charge on any atom is 0.0121 e. The summed E-state index contributed by atoms with van der Waals surface area (Å²) in [5.41, 5.74) is 0.567. The molecule has 2 aliphatic rings. The molecule has 1 N–H and O–H groups in total. The van der Waals surface area contributed by atoms with Crippen LogP contribution in [0, 0.1) is 17.3 Å². The summed E-state index contributed by atoms with van der Waals surface area (Å²) in [5, 5.41) is 4.01. The summed E-state index contributed by atoms with van der Waals surface area (Å²) < 4.78 is 0. The summed E-state index contributed by atoms with van der Waals surface area (Å²) >= 11 is 0. The summed E-state index contributed by atoms with van der Waals surface area (Å²) in [7, 11) is 0. The van der Waals surface area contributed by atoms with Gasteiger partial charge in [-0.1, -0.05) is 40.5 Å². The van der Waals surface area contributed by atoms with Crippen molar-refractivity contribution in [2.45, 2.75) is 84.7 Å². The van der Waals surface area contributed by atoms with Gasteiger partial charge in [-0.25, -0.2) is 0 Å². The second kappa shape index (κ2) is 5.30. The van der Waals surface area contributed by atoms with Crippen molar-refractivity contribution in [3.8, 4) is 0 Å². The van der Waals surface area contributed by atoms with Gasteiger partial charge in [0.15, 0.2) is 0 Å². The van der Waals surface area contributed by atoms with Gasteiger partial charge in [0.25, 0.3) is 0 Å². The Morgan fingerprint density at radius 3 is 2.18 bits per heavy atom. The Bertz CT molecular complexity index is 236. The molecule has 2 aliphatic carbocycles. The first-order valence-electron chi connectivity index (χ1n) is 7.74. The predicted molar refractivity (Wildman–Crippen MR) is 75.1 cm³/mol. The standard InChI is InChI=1S/C16H31N/c1-12-7-5-8-13(2)15(12)17-14-9-6-10-16(3,4)11-14/h12-15,17H,5-11H2,1-4H3. The largest absolute Gasteiger partial charge is 0.311 e. The molecule has 0 aromatic carbocycles. The third kappa shape index (κ3) is 3.47. The maximum atomic E-state index is 4.01. The molecular formula is C16H31N. The average molecular weight is 237 g/mol. The van der Waals surface area contributed by atoms with E-state index in [2.05, 4.69) is 33.0 Å². The Morgan fingerprint density at radius 1 is 0.941 bits per heavy atom. The Hall–Kier alpha value is -0.0400. The lowest BCUT2D eigenvalue weighted by Gasteiger charge is -2.42. The predicted octanol–water partition coefficient (Wildman–Crippen LogP) is 4.37. The second-order valence-electron chi connectivity index (χ2n) is 7.54. The van der Waals surface area contributed by atoms with E-state index in [0.717, 1.165) is 23.9 Å². The van der Waals surface area contributed by atoms with Crippen LogP contribution in [0.1, 0.15) is 72.6 Å². The van der Waals surface area contributed by atoms with Gasteiger partial charge in [0.2, 0.25) is 0 Å². The van der Waals surface area contributed by atoms with Crippen molar-refractivity contribution in [1.29, 1.82) is 0 Å². The molecule has 0 aromatic rings. The fourth-order valence-electron chi connectivity index (χ4n) is 4.12. The fourth-order valence-corrected chi connectivity index (χ4v) is 4.12. The molecule has 0 aromatic heterocycles. The van der Waals surface area contributed by atoms with E-state index in [9.17, 15) is 0 Å². The van der Waals surface area contributed by atoms with Gasteiger partial charge in [0, 0.05) is 12.1 Å². The highest BCUT2D eigenvalue weighted by molar-refractivity contribution is 4.90. The molecule has 3 unspecified atom stereocenters.